The lowest BCUT2D eigenvalue weighted by Crippen LogP contribution is -2.28. The number of rotatable bonds is 10. The Morgan fingerprint density at radius 2 is 1.32 bits per heavy atom. The molecule has 0 saturated carbocycles. The molecule has 0 radical (unpaired) electrons. The van der Waals surface area contributed by atoms with Crippen LogP contribution in [0.1, 0.15) is 81.6 Å². The number of aliphatic hydroxyl groups excluding tert-OH is 1. The minimum atomic E-state index is -0.223. The van der Waals surface area contributed by atoms with E-state index in [1.807, 2.05) is 0 Å². The van der Waals surface area contributed by atoms with Crippen molar-refractivity contribution in [1.29, 1.82) is 0 Å². The van der Waals surface area contributed by atoms with Crippen molar-refractivity contribution in [2.75, 3.05) is 0 Å². The van der Waals surface area contributed by atoms with Crippen molar-refractivity contribution >= 4 is 0 Å². The molecule has 220 valence electrons. The molecule has 0 heterocycles. The molecule has 0 amide bonds. The second-order valence-corrected chi connectivity index (χ2v) is 13.2. The molecular formula is C40H54O. The molecule has 0 aliphatic heterocycles. The summed E-state index contributed by atoms with van der Waals surface area (Å²) in [6, 6.07) is 0. The van der Waals surface area contributed by atoms with E-state index in [9.17, 15) is 5.11 Å². The zero-order valence-corrected chi connectivity index (χ0v) is 27.2. The normalized spacial score (nSPS) is 24.9. The highest BCUT2D eigenvalue weighted by molar-refractivity contribution is 5.38. The number of hydrogen-bond donors (Lipinski definition) is 1. The van der Waals surface area contributed by atoms with E-state index < -0.39 is 0 Å². The van der Waals surface area contributed by atoms with Gasteiger partial charge in [0, 0.05) is 5.92 Å². The lowest BCUT2D eigenvalue weighted by Gasteiger charge is -2.35. The molecule has 0 fully saturated rings. The van der Waals surface area contributed by atoms with Crippen LogP contribution >= 0.6 is 0 Å². The molecule has 2 atom stereocenters. The second kappa shape index (κ2) is 15.7. The van der Waals surface area contributed by atoms with E-state index in [1.165, 1.54) is 39.0 Å². The summed E-state index contributed by atoms with van der Waals surface area (Å²) in [6.45, 7) is 24.0. The molecule has 0 aromatic rings. The maximum atomic E-state index is 10.1. The first-order chi connectivity index (χ1) is 19.2. The van der Waals surface area contributed by atoms with Gasteiger partial charge in [-0.2, -0.15) is 0 Å². The predicted octanol–water partition coefficient (Wildman–Crippen LogP) is 11.2. The highest BCUT2D eigenvalue weighted by Gasteiger charge is 2.31. The SMILES string of the molecule is C=C1C=CCC(C)(C)[C@H]1/C=C/C(C)=C/C=C/C(C)=C\C=C\C=C(C)\C=C\C=C(C)\C=C\C1=C(C)C[C@@H](O)CC1(C)C. The van der Waals surface area contributed by atoms with Crippen LogP contribution in [0.3, 0.4) is 0 Å². The van der Waals surface area contributed by atoms with E-state index in [0.717, 1.165) is 19.3 Å². The second-order valence-electron chi connectivity index (χ2n) is 13.2. The van der Waals surface area contributed by atoms with Gasteiger partial charge in [0.05, 0.1) is 6.10 Å². The van der Waals surface area contributed by atoms with E-state index in [0.29, 0.717) is 5.92 Å². The summed E-state index contributed by atoms with van der Waals surface area (Å²) in [7, 11) is 0. The van der Waals surface area contributed by atoms with Gasteiger partial charge in [0.25, 0.3) is 0 Å². The maximum absolute atomic E-state index is 10.1. The quantitative estimate of drug-likeness (QED) is 0.268. The Kier molecular flexibility index (Phi) is 13.1. The molecule has 1 heteroatoms. The molecule has 2 aliphatic rings. The summed E-state index contributed by atoms with van der Waals surface area (Å²) in [4.78, 5) is 0. The fourth-order valence-corrected chi connectivity index (χ4v) is 5.61. The molecule has 1 nitrogen and oxygen atoms in total. The monoisotopic (exact) mass is 550 g/mol. The molecule has 0 bridgehead atoms. The molecule has 0 spiro atoms. The van der Waals surface area contributed by atoms with Crippen LogP contribution < -0.4 is 0 Å². The van der Waals surface area contributed by atoms with Gasteiger partial charge in [-0.15, -0.1) is 0 Å². The van der Waals surface area contributed by atoms with Gasteiger partial charge in [-0.1, -0.05) is 159 Å². The van der Waals surface area contributed by atoms with Gasteiger partial charge in [-0.05, 0) is 75.9 Å². The topological polar surface area (TPSA) is 20.2 Å². The Morgan fingerprint density at radius 1 is 0.805 bits per heavy atom. The molecule has 0 unspecified atom stereocenters. The van der Waals surface area contributed by atoms with Crippen LogP contribution in [0.5, 0.6) is 0 Å². The zero-order chi connectivity index (χ0) is 30.6. The number of allylic oxidation sites excluding steroid dienone is 22. The van der Waals surface area contributed by atoms with E-state index in [-0.39, 0.29) is 16.9 Å². The zero-order valence-electron chi connectivity index (χ0n) is 27.2. The summed E-state index contributed by atoms with van der Waals surface area (Å²) < 4.78 is 0. The standard InChI is InChI=1S/C40H54O/c1-30(18-13-20-32(3)23-25-37-34(5)22-15-27-39(37,7)8)16-11-12-17-31(2)19-14-21-33(4)24-26-38-35(6)28-36(41)29-40(38,9)10/h11-26,36-37,41H,5,27-29H2,1-4,6-10H3/b12-11+,18-13+,19-14+,25-23+,26-24+,30-16-,31-17+,32-20+,33-21+/t36-,37+/m1/s1. The summed E-state index contributed by atoms with van der Waals surface area (Å²) in [5.74, 6) is 0.382. The Hall–Kier alpha value is -3.16. The van der Waals surface area contributed by atoms with Crippen LogP contribution in [0.4, 0.5) is 0 Å². The molecule has 0 saturated heterocycles. The highest BCUT2D eigenvalue weighted by Crippen LogP contribution is 2.41. The third-order valence-corrected chi connectivity index (χ3v) is 8.02. The van der Waals surface area contributed by atoms with Crippen molar-refractivity contribution in [2.24, 2.45) is 16.7 Å². The van der Waals surface area contributed by atoms with Crippen molar-refractivity contribution in [3.8, 4) is 0 Å². The van der Waals surface area contributed by atoms with Crippen molar-refractivity contribution in [3.63, 3.8) is 0 Å². The molecule has 2 rings (SSSR count). The minimum absolute atomic E-state index is 0.00983. The third kappa shape index (κ3) is 11.7. The molecule has 1 N–H and O–H groups in total. The van der Waals surface area contributed by atoms with Crippen LogP contribution in [-0.2, 0) is 0 Å². The molecule has 2 aliphatic carbocycles. The van der Waals surface area contributed by atoms with Crippen molar-refractivity contribution in [3.05, 3.63) is 143 Å². The highest BCUT2D eigenvalue weighted by atomic mass is 16.3. The maximum Gasteiger partial charge on any atom is 0.0585 e. The first kappa shape index (κ1) is 34.0. The van der Waals surface area contributed by atoms with Gasteiger partial charge in [0.15, 0.2) is 0 Å². The van der Waals surface area contributed by atoms with Gasteiger partial charge in [-0.25, -0.2) is 0 Å². The fourth-order valence-electron chi connectivity index (χ4n) is 5.61. The lowest BCUT2D eigenvalue weighted by molar-refractivity contribution is 0.116. The van der Waals surface area contributed by atoms with Gasteiger partial charge in [0.1, 0.15) is 0 Å². The summed E-state index contributed by atoms with van der Waals surface area (Å²) in [5, 5.41) is 10.1. The van der Waals surface area contributed by atoms with E-state index in [1.54, 1.807) is 0 Å². The van der Waals surface area contributed by atoms with Crippen LogP contribution in [0.25, 0.3) is 0 Å². The predicted molar refractivity (Wildman–Crippen MR) is 183 cm³/mol. The largest absolute Gasteiger partial charge is 0.393 e. The van der Waals surface area contributed by atoms with Crippen molar-refractivity contribution in [2.45, 2.75) is 87.7 Å². The van der Waals surface area contributed by atoms with E-state index in [4.69, 9.17) is 0 Å². The third-order valence-electron chi connectivity index (χ3n) is 8.02. The first-order valence-corrected chi connectivity index (χ1v) is 15.0. The summed E-state index contributed by atoms with van der Waals surface area (Å²) in [5.41, 5.74) is 8.91. The lowest BCUT2D eigenvalue weighted by atomic mass is 9.69. The van der Waals surface area contributed by atoms with E-state index in [2.05, 4.69) is 166 Å². The Morgan fingerprint density at radius 3 is 1.85 bits per heavy atom. The Bertz CT molecular complexity index is 1270. The van der Waals surface area contributed by atoms with E-state index >= 15 is 0 Å². The average molecular weight is 551 g/mol. The first-order valence-electron chi connectivity index (χ1n) is 15.0. The van der Waals surface area contributed by atoms with Gasteiger partial charge in [-0.3, -0.25) is 0 Å². The molecule has 0 aromatic carbocycles. The molecule has 41 heavy (non-hydrogen) atoms. The Balaban J connectivity index is 1.89. The van der Waals surface area contributed by atoms with Crippen molar-refractivity contribution < 1.29 is 5.11 Å². The molecular weight excluding hydrogens is 496 g/mol. The average Bonchev–Trinajstić information content (AvgIpc) is 2.84. The number of hydrogen-bond acceptors (Lipinski definition) is 1. The van der Waals surface area contributed by atoms with Crippen LogP contribution in [0, 0.1) is 16.7 Å². The fraction of sp³-hybridized carbons (Fsp3) is 0.400. The Labute approximate surface area is 251 Å². The van der Waals surface area contributed by atoms with Gasteiger partial charge >= 0.3 is 0 Å². The van der Waals surface area contributed by atoms with Gasteiger partial charge in [0.2, 0.25) is 0 Å². The van der Waals surface area contributed by atoms with Crippen LogP contribution in [-0.4, -0.2) is 11.2 Å². The summed E-state index contributed by atoms with van der Waals surface area (Å²) in [6.07, 6.45) is 37.0. The smallest absolute Gasteiger partial charge is 0.0585 e. The van der Waals surface area contributed by atoms with Gasteiger partial charge < -0.3 is 5.11 Å². The van der Waals surface area contributed by atoms with Crippen LogP contribution in [0.15, 0.2) is 143 Å². The summed E-state index contributed by atoms with van der Waals surface area (Å²) >= 11 is 0. The number of aliphatic hydroxyl groups is 1. The van der Waals surface area contributed by atoms with Crippen LogP contribution in [0.2, 0.25) is 0 Å². The minimum Gasteiger partial charge on any atom is -0.393 e. The molecule has 0 aromatic heterocycles. The van der Waals surface area contributed by atoms with Crippen molar-refractivity contribution in [1.82, 2.24) is 0 Å².